The van der Waals surface area contributed by atoms with E-state index in [1.165, 1.54) is 24.6 Å². The molecule has 8 heteroatoms. The molecule has 1 heterocycles. The summed E-state index contributed by atoms with van der Waals surface area (Å²) in [7, 11) is 3.20. The SMILES string of the molecule is COc1ccc(/C=C2\N=C(SCC(=O)NC3CCCCCC3)N(c3cccc(OC)c3)C2=O)cc1. The number of aliphatic imine (C=N–C) groups is 1. The van der Waals surface area contributed by atoms with E-state index in [1.807, 2.05) is 42.5 Å². The van der Waals surface area contributed by atoms with Crippen LogP contribution in [0.15, 0.2) is 59.2 Å². The van der Waals surface area contributed by atoms with Gasteiger partial charge in [0.15, 0.2) is 5.17 Å². The molecule has 1 saturated carbocycles. The number of hydrogen-bond donors (Lipinski definition) is 1. The molecule has 1 aliphatic carbocycles. The minimum Gasteiger partial charge on any atom is -0.497 e. The summed E-state index contributed by atoms with van der Waals surface area (Å²) in [4.78, 5) is 32.3. The third kappa shape index (κ3) is 6.45. The maximum Gasteiger partial charge on any atom is 0.283 e. The zero-order valence-electron chi connectivity index (χ0n) is 20.2. The van der Waals surface area contributed by atoms with E-state index >= 15 is 0 Å². The second kappa shape index (κ2) is 11.9. The van der Waals surface area contributed by atoms with Gasteiger partial charge in [0.25, 0.3) is 5.91 Å². The molecule has 184 valence electrons. The Morgan fingerprint density at radius 1 is 1.06 bits per heavy atom. The molecule has 0 unspecified atom stereocenters. The van der Waals surface area contributed by atoms with Crippen molar-refractivity contribution in [1.29, 1.82) is 0 Å². The highest BCUT2D eigenvalue weighted by Crippen LogP contribution is 2.31. The van der Waals surface area contributed by atoms with E-state index in [-0.39, 0.29) is 23.6 Å². The fourth-order valence-corrected chi connectivity index (χ4v) is 5.08. The predicted octanol–water partition coefficient (Wildman–Crippen LogP) is 5.02. The molecule has 1 N–H and O–H groups in total. The van der Waals surface area contributed by atoms with Crippen LogP contribution < -0.4 is 19.7 Å². The molecule has 4 rings (SSSR count). The molecule has 2 aromatic carbocycles. The van der Waals surface area contributed by atoms with Crippen molar-refractivity contribution in [2.75, 3.05) is 24.9 Å². The van der Waals surface area contributed by atoms with Crippen LogP contribution in [0, 0.1) is 0 Å². The van der Waals surface area contributed by atoms with Crippen molar-refractivity contribution >= 4 is 40.5 Å². The highest BCUT2D eigenvalue weighted by molar-refractivity contribution is 8.14. The van der Waals surface area contributed by atoms with Crippen LogP contribution in [-0.4, -0.2) is 43.0 Å². The van der Waals surface area contributed by atoms with Gasteiger partial charge >= 0.3 is 0 Å². The van der Waals surface area contributed by atoms with Crippen LogP contribution in [-0.2, 0) is 9.59 Å². The van der Waals surface area contributed by atoms with Crippen LogP contribution in [0.2, 0.25) is 0 Å². The molecule has 0 aromatic heterocycles. The summed E-state index contributed by atoms with van der Waals surface area (Å²) in [5.41, 5.74) is 1.79. The second-order valence-corrected chi connectivity index (χ2v) is 9.53. The quantitative estimate of drug-likeness (QED) is 0.433. The molecule has 1 aliphatic heterocycles. The number of amidine groups is 1. The van der Waals surface area contributed by atoms with Crippen molar-refractivity contribution in [3.05, 3.63) is 59.8 Å². The number of rotatable bonds is 7. The Morgan fingerprint density at radius 2 is 1.77 bits per heavy atom. The molecule has 7 nitrogen and oxygen atoms in total. The lowest BCUT2D eigenvalue weighted by atomic mass is 10.1. The molecule has 0 saturated heterocycles. The maximum absolute atomic E-state index is 13.4. The van der Waals surface area contributed by atoms with Crippen LogP contribution >= 0.6 is 11.8 Å². The van der Waals surface area contributed by atoms with Crippen molar-refractivity contribution in [2.24, 2.45) is 4.99 Å². The minimum atomic E-state index is -0.249. The van der Waals surface area contributed by atoms with Crippen LogP contribution in [0.5, 0.6) is 11.5 Å². The molecule has 0 radical (unpaired) electrons. The van der Waals surface area contributed by atoms with E-state index in [1.54, 1.807) is 31.3 Å². The van der Waals surface area contributed by atoms with E-state index in [9.17, 15) is 9.59 Å². The monoisotopic (exact) mass is 493 g/mol. The van der Waals surface area contributed by atoms with Crippen molar-refractivity contribution < 1.29 is 19.1 Å². The number of carbonyl (C=O) groups is 2. The van der Waals surface area contributed by atoms with E-state index < -0.39 is 0 Å². The molecular formula is C27H31N3O4S. The van der Waals surface area contributed by atoms with Crippen LogP contribution in [0.4, 0.5) is 5.69 Å². The second-order valence-electron chi connectivity index (χ2n) is 8.58. The summed E-state index contributed by atoms with van der Waals surface area (Å²) < 4.78 is 10.6. The smallest absolute Gasteiger partial charge is 0.283 e. The summed E-state index contributed by atoms with van der Waals surface area (Å²) in [6.07, 6.45) is 8.58. The molecule has 0 bridgehead atoms. The van der Waals surface area contributed by atoms with E-state index in [4.69, 9.17) is 9.47 Å². The number of benzene rings is 2. The third-order valence-corrected chi connectivity index (χ3v) is 7.05. The van der Waals surface area contributed by atoms with E-state index in [2.05, 4.69) is 10.3 Å². The van der Waals surface area contributed by atoms with E-state index in [0.29, 0.717) is 22.3 Å². The molecule has 1 fully saturated rings. The summed E-state index contributed by atoms with van der Waals surface area (Å²) in [5.74, 6) is 1.29. The van der Waals surface area contributed by atoms with Gasteiger partial charge < -0.3 is 14.8 Å². The highest BCUT2D eigenvalue weighted by atomic mass is 32.2. The highest BCUT2D eigenvalue weighted by Gasteiger charge is 2.32. The van der Waals surface area contributed by atoms with Crippen molar-refractivity contribution in [1.82, 2.24) is 5.32 Å². The van der Waals surface area contributed by atoms with E-state index in [0.717, 1.165) is 37.0 Å². The first-order chi connectivity index (χ1) is 17.1. The van der Waals surface area contributed by atoms with Gasteiger partial charge in [-0.3, -0.25) is 14.5 Å². The number of nitrogens with one attached hydrogen (secondary N) is 1. The van der Waals surface area contributed by atoms with Gasteiger partial charge in [-0.05, 0) is 48.7 Å². The Kier molecular flexibility index (Phi) is 8.47. The Morgan fingerprint density at radius 3 is 2.46 bits per heavy atom. The number of nitrogens with zero attached hydrogens (tertiary/aromatic N) is 2. The number of thioether (sulfide) groups is 1. The Balaban J connectivity index is 1.54. The molecule has 35 heavy (non-hydrogen) atoms. The molecule has 2 aromatic rings. The molecule has 2 amide bonds. The lowest BCUT2D eigenvalue weighted by Gasteiger charge is -2.19. The fraction of sp³-hybridized carbons (Fsp3) is 0.370. The number of methoxy groups -OCH3 is 2. The fourth-order valence-electron chi connectivity index (χ4n) is 4.25. The summed E-state index contributed by atoms with van der Waals surface area (Å²) in [6.45, 7) is 0. The first-order valence-electron chi connectivity index (χ1n) is 11.9. The normalized spacial score (nSPS) is 17.8. The predicted molar refractivity (Wildman–Crippen MR) is 141 cm³/mol. The largest absolute Gasteiger partial charge is 0.497 e. The van der Waals surface area contributed by atoms with Gasteiger partial charge in [0.2, 0.25) is 5.91 Å². The molecule has 0 spiro atoms. The lowest BCUT2D eigenvalue weighted by Crippen LogP contribution is -2.37. The molecular weight excluding hydrogens is 462 g/mol. The van der Waals surface area contributed by atoms with Crippen molar-refractivity contribution in [2.45, 2.75) is 44.6 Å². The van der Waals surface area contributed by atoms with Crippen LogP contribution in [0.25, 0.3) is 6.08 Å². The van der Waals surface area contributed by atoms with Gasteiger partial charge in [0, 0.05) is 12.1 Å². The number of ether oxygens (including phenoxy) is 2. The number of hydrogen-bond acceptors (Lipinski definition) is 6. The summed E-state index contributed by atoms with van der Waals surface area (Å²) >= 11 is 1.27. The minimum absolute atomic E-state index is 0.0322. The van der Waals surface area contributed by atoms with Crippen LogP contribution in [0.1, 0.15) is 44.1 Å². The summed E-state index contributed by atoms with van der Waals surface area (Å²) in [6, 6.07) is 14.9. The maximum atomic E-state index is 13.4. The Hall–Kier alpha value is -3.26. The van der Waals surface area contributed by atoms with Gasteiger partial charge in [-0.2, -0.15) is 0 Å². The number of amides is 2. The van der Waals surface area contributed by atoms with Gasteiger partial charge in [-0.1, -0.05) is 55.6 Å². The van der Waals surface area contributed by atoms with Gasteiger partial charge in [0.1, 0.15) is 17.2 Å². The van der Waals surface area contributed by atoms with Crippen LogP contribution in [0.3, 0.4) is 0 Å². The Bertz CT molecular complexity index is 1110. The average molecular weight is 494 g/mol. The zero-order chi connectivity index (χ0) is 24.6. The number of anilines is 1. The molecule has 0 atom stereocenters. The topological polar surface area (TPSA) is 80.2 Å². The average Bonchev–Trinajstić information content (AvgIpc) is 3.02. The van der Waals surface area contributed by atoms with Crippen molar-refractivity contribution in [3.8, 4) is 11.5 Å². The van der Waals surface area contributed by atoms with Gasteiger partial charge in [-0.15, -0.1) is 0 Å². The van der Waals surface area contributed by atoms with Gasteiger partial charge in [-0.25, -0.2) is 4.99 Å². The Labute approximate surface area is 210 Å². The molecule has 2 aliphatic rings. The number of carbonyl (C=O) groups excluding carboxylic acids is 2. The standard InChI is InChI=1S/C27H31N3O4S/c1-33-22-14-12-19(13-15-22)16-24-26(32)30(21-10-7-11-23(17-21)34-2)27(29-24)35-18-25(31)28-20-8-5-3-4-6-9-20/h7,10-17,20H,3-6,8-9,18H2,1-2H3,(H,28,31)/b24-16-. The van der Waals surface area contributed by atoms with Gasteiger partial charge in [0.05, 0.1) is 25.7 Å². The third-order valence-electron chi connectivity index (χ3n) is 6.11. The first-order valence-corrected chi connectivity index (χ1v) is 12.9. The lowest BCUT2D eigenvalue weighted by molar-refractivity contribution is -0.119. The zero-order valence-corrected chi connectivity index (χ0v) is 21.0. The first kappa shape index (κ1) is 24.9. The summed E-state index contributed by atoms with van der Waals surface area (Å²) in [5, 5.41) is 3.64. The van der Waals surface area contributed by atoms with Crippen molar-refractivity contribution in [3.63, 3.8) is 0 Å².